The van der Waals surface area contributed by atoms with Crippen molar-refractivity contribution in [2.24, 2.45) is 0 Å². The minimum Gasteiger partial charge on any atom is -0.351 e. The first-order chi connectivity index (χ1) is 8.36. The van der Waals surface area contributed by atoms with Gasteiger partial charge in [-0.05, 0) is 12.1 Å². The number of nitrogens with one attached hydrogen (secondary N) is 1. The molecule has 2 aromatic rings. The van der Waals surface area contributed by atoms with Gasteiger partial charge in [-0.1, -0.05) is 29.8 Å². The van der Waals surface area contributed by atoms with E-state index in [4.69, 9.17) is 11.6 Å². The summed E-state index contributed by atoms with van der Waals surface area (Å²) in [5.41, 5.74) is 2.16. The smallest absolute Gasteiger partial charge is 0.116 e. The second-order valence-electron chi connectivity index (χ2n) is 4.18. The fraction of sp³-hybridized carbons (Fsp3) is 0.308. The predicted octanol–water partition coefficient (Wildman–Crippen LogP) is 2.21. The van der Waals surface area contributed by atoms with Gasteiger partial charge in [0.1, 0.15) is 5.50 Å². The first kappa shape index (κ1) is 10.8. The van der Waals surface area contributed by atoms with Gasteiger partial charge < -0.3 is 10.2 Å². The van der Waals surface area contributed by atoms with Crippen molar-refractivity contribution in [3.63, 3.8) is 0 Å². The molecule has 17 heavy (non-hydrogen) atoms. The molecule has 1 unspecified atom stereocenters. The Morgan fingerprint density at radius 1 is 1.29 bits per heavy atom. The van der Waals surface area contributed by atoms with E-state index in [2.05, 4.69) is 39.5 Å². The van der Waals surface area contributed by atoms with E-state index in [1.54, 1.807) is 0 Å². The van der Waals surface area contributed by atoms with Crippen LogP contribution in [0.1, 0.15) is 0 Å². The van der Waals surface area contributed by atoms with Crippen LogP contribution in [0, 0.1) is 0 Å². The lowest BCUT2D eigenvalue weighted by atomic mass is 10.1. The molecule has 1 saturated heterocycles. The van der Waals surface area contributed by atoms with Gasteiger partial charge in [-0.3, -0.25) is 4.98 Å². The summed E-state index contributed by atoms with van der Waals surface area (Å²) < 4.78 is 0. The van der Waals surface area contributed by atoms with Crippen molar-refractivity contribution in [1.29, 1.82) is 0 Å². The maximum atomic E-state index is 6.35. The number of hydrogen-bond donors (Lipinski definition) is 1. The fourth-order valence-electron chi connectivity index (χ4n) is 2.26. The monoisotopic (exact) mass is 247 g/mol. The van der Waals surface area contributed by atoms with Gasteiger partial charge >= 0.3 is 0 Å². The molecule has 2 heterocycles. The van der Waals surface area contributed by atoms with Crippen molar-refractivity contribution in [1.82, 2.24) is 10.3 Å². The molecule has 0 radical (unpaired) electrons. The van der Waals surface area contributed by atoms with Gasteiger partial charge in [0.15, 0.2) is 0 Å². The van der Waals surface area contributed by atoms with Crippen molar-refractivity contribution in [3.8, 4) is 0 Å². The minimum absolute atomic E-state index is 0.00337. The van der Waals surface area contributed by atoms with E-state index in [1.807, 2.05) is 12.3 Å². The van der Waals surface area contributed by atoms with Gasteiger partial charge in [-0.25, -0.2) is 0 Å². The van der Waals surface area contributed by atoms with Crippen LogP contribution in [0.2, 0.25) is 0 Å². The third-order valence-electron chi connectivity index (χ3n) is 3.10. The molecule has 3 rings (SSSR count). The van der Waals surface area contributed by atoms with Crippen LogP contribution < -0.4 is 10.2 Å². The molecule has 1 atom stereocenters. The molecular formula is C13H14ClN3. The Kier molecular flexibility index (Phi) is 2.87. The molecular weight excluding hydrogens is 234 g/mol. The van der Waals surface area contributed by atoms with Gasteiger partial charge in [0.2, 0.25) is 0 Å². The Morgan fingerprint density at radius 2 is 2.18 bits per heavy atom. The number of pyridine rings is 1. The zero-order valence-corrected chi connectivity index (χ0v) is 10.2. The predicted molar refractivity (Wildman–Crippen MR) is 71.6 cm³/mol. The Bertz CT molecular complexity index is 524. The van der Waals surface area contributed by atoms with Crippen LogP contribution in [0.3, 0.4) is 0 Å². The third-order valence-corrected chi connectivity index (χ3v) is 3.49. The standard InChI is InChI=1S/C13H14ClN3/c14-12-9-15-7-8-17(12)11-5-1-3-10-4-2-6-16-13(10)11/h1-6,12,15H,7-9H2. The van der Waals surface area contributed by atoms with E-state index >= 15 is 0 Å². The number of halogens is 1. The molecule has 0 saturated carbocycles. The summed E-state index contributed by atoms with van der Waals surface area (Å²) in [6.07, 6.45) is 1.83. The summed E-state index contributed by atoms with van der Waals surface area (Å²) in [4.78, 5) is 6.69. The zero-order valence-electron chi connectivity index (χ0n) is 9.44. The lowest BCUT2D eigenvalue weighted by molar-refractivity contribution is 0.560. The largest absolute Gasteiger partial charge is 0.351 e. The van der Waals surface area contributed by atoms with Crippen molar-refractivity contribution in [2.45, 2.75) is 5.50 Å². The number of nitrogens with zero attached hydrogens (tertiary/aromatic N) is 2. The number of aromatic nitrogens is 1. The van der Waals surface area contributed by atoms with Crippen molar-refractivity contribution in [3.05, 3.63) is 36.5 Å². The van der Waals surface area contributed by atoms with Gasteiger partial charge in [-0.15, -0.1) is 0 Å². The lowest BCUT2D eigenvalue weighted by Crippen LogP contribution is -2.48. The van der Waals surface area contributed by atoms with E-state index in [0.29, 0.717) is 0 Å². The lowest BCUT2D eigenvalue weighted by Gasteiger charge is -2.34. The van der Waals surface area contributed by atoms with Crippen LogP contribution in [-0.2, 0) is 0 Å². The molecule has 3 nitrogen and oxygen atoms in total. The van der Waals surface area contributed by atoms with Gasteiger partial charge in [0.25, 0.3) is 0 Å². The molecule has 1 aliphatic heterocycles. The van der Waals surface area contributed by atoms with Gasteiger partial charge in [-0.2, -0.15) is 0 Å². The normalized spacial score (nSPS) is 20.8. The SMILES string of the molecule is ClC1CNCCN1c1cccc2cccnc12. The number of fused-ring (bicyclic) bond motifs is 1. The third kappa shape index (κ3) is 1.96. The summed E-state index contributed by atoms with van der Waals surface area (Å²) in [5.74, 6) is 0. The van der Waals surface area contributed by atoms with Crippen LogP contribution in [0.4, 0.5) is 5.69 Å². The van der Waals surface area contributed by atoms with E-state index in [1.165, 1.54) is 0 Å². The molecule has 0 amide bonds. The first-order valence-corrected chi connectivity index (χ1v) is 6.25. The van der Waals surface area contributed by atoms with Crippen molar-refractivity contribution in [2.75, 3.05) is 24.5 Å². The second-order valence-corrected chi connectivity index (χ2v) is 4.69. The number of hydrogen-bond acceptors (Lipinski definition) is 3. The summed E-state index contributed by atoms with van der Waals surface area (Å²) >= 11 is 6.35. The maximum Gasteiger partial charge on any atom is 0.116 e. The van der Waals surface area contributed by atoms with Crippen molar-refractivity contribution >= 4 is 28.2 Å². The van der Waals surface area contributed by atoms with E-state index in [-0.39, 0.29) is 5.50 Å². The highest BCUT2D eigenvalue weighted by Gasteiger charge is 2.21. The zero-order chi connectivity index (χ0) is 11.7. The maximum absolute atomic E-state index is 6.35. The van der Waals surface area contributed by atoms with Crippen LogP contribution in [0.25, 0.3) is 10.9 Å². The average Bonchev–Trinajstić information content (AvgIpc) is 2.39. The first-order valence-electron chi connectivity index (χ1n) is 5.81. The molecule has 1 aliphatic rings. The Hall–Kier alpha value is -1.32. The minimum atomic E-state index is -0.00337. The average molecular weight is 248 g/mol. The quantitative estimate of drug-likeness (QED) is 0.619. The second kappa shape index (κ2) is 4.51. The van der Waals surface area contributed by atoms with Crippen LogP contribution in [0.15, 0.2) is 36.5 Å². The van der Waals surface area contributed by atoms with Crippen LogP contribution in [0.5, 0.6) is 0 Å². The summed E-state index contributed by atoms with van der Waals surface area (Å²) in [6.45, 7) is 2.70. The highest BCUT2D eigenvalue weighted by Crippen LogP contribution is 2.27. The summed E-state index contributed by atoms with van der Waals surface area (Å²) in [7, 11) is 0. The Labute approximate surface area is 105 Å². The molecule has 1 N–H and O–H groups in total. The molecule has 1 aromatic heterocycles. The van der Waals surface area contributed by atoms with Crippen molar-refractivity contribution < 1.29 is 0 Å². The molecule has 0 spiro atoms. The molecule has 1 fully saturated rings. The topological polar surface area (TPSA) is 28.2 Å². The summed E-state index contributed by atoms with van der Waals surface area (Å²) in [6, 6.07) is 10.3. The van der Waals surface area contributed by atoms with Crippen LogP contribution in [-0.4, -0.2) is 30.1 Å². The van der Waals surface area contributed by atoms with Gasteiger partial charge in [0, 0.05) is 31.2 Å². The highest BCUT2D eigenvalue weighted by atomic mass is 35.5. The van der Waals surface area contributed by atoms with E-state index < -0.39 is 0 Å². The van der Waals surface area contributed by atoms with Gasteiger partial charge in [0.05, 0.1) is 11.2 Å². The number of piperazine rings is 1. The summed E-state index contributed by atoms with van der Waals surface area (Å²) in [5, 5.41) is 4.45. The molecule has 0 bridgehead atoms. The van der Waals surface area contributed by atoms with E-state index in [0.717, 1.165) is 36.2 Å². The highest BCUT2D eigenvalue weighted by molar-refractivity contribution is 6.22. The number of benzene rings is 1. The number of rotatable bonds is 1. The molecule has 0 aliphatic carbocycles. The Balaban J connectivity index is 2.10. The molecule has 88 valence electrons. The number of anilines is 1. The molecule has 4 heteroatoms. The Morgan fingerprint density at radius 3 is 3.06 bits per heavy atom. The van der Waals surface area contributed by atoms with E-state index in [9.17, 15) is 0 Å². The number of alkyl halides is 1. The van der Waals surface area contributed by atoms with Crippen LogP contribution >= 0.6 is 11.6 Å². The number of para-hydroxylation sites is 1. The fourth-order valence-corrected chi connectivity index (χ4v) is 2.57. The molecule has 1 aromatic carbocycles.